The molecule has 1 saturated carbocycles. The van der Waals surface area contributed by atoms with Gasteiger partial charge in [0.25, 0.3) is 0 Å². The van der Waals surface area contributed by atoms with Crippen LogP contribution in [0.4, 0.5) is 0 Å². The van der Waals surface area contributed by atoms with E-state index >= 15 is 0 Å². The molecule has 1 aromatic rings. The van der Waals surface area contributed by atoms with Crippen LogP contribution < -0.4 is 4.74 Å². The molecule has 5 nitrogen and oxygen atoms in total. The Morgan fingerprint density at radius 2 is 1.95 bits per heavy atom. The molecular weight excluding hydrogens is 272 g/mol. The van der Waals surface area contributed by atoms with Crippen molar-refractivity contribution in [2.24, 2.45) is 0 Å². The van der Waals surface area contributed by atoms with E-state index in [0.29, 0.717) is 31.4 Å². The zero-order valence-corrected chi connectivity index (χ0v) is 12.3. The van der Waals surface area contributed by atoms with Crippen LogP contribution in [-0.4, -0.2) is 30.3 Å². The minimum Gasteiger partial charge on any atom is -0.497 e. The second-order valence-corrected chi connectivity index (χ2v) is 5.43. The standard InChI is InChI=1S/C16H20O5/c1-11(17)21-13-6-8-16(9-7-13,15(18)19)12-4-3-5-14(10-12)20-2/h3-5,10,13H,6-9H2,1-2H3,(H,18,19). The Kier molecular flexibility index (Phi) is 4.50. The van der Waals surface area contributed by atoms with Crippen molar-refractivity contribution in [1.29, 1.82) is 0 Å². The van der Waals surface area contributed by atoms with Crippen LogP contribution in [0.2, 0.25) is 0 Å². The number of ether oxygens (including phenoxy) is 2. The number of carboxylic acid groups (broad SMARTS) is 1. The minimum atomic E-state index is -0.925. The van der Waals surface area contributed by atoms with Gasteiger partial charge in [-0.05, 0) is 43.4 Å². The van der Waals surface area contributed by atoms with Crippen molar-refractivity contribution in [2.45, 2.75) is 44.1 Å². The van der Waals surface area contributed by atoms with Gasteiger partial charge in [-0.25, -0.2) is 0 Å². The Hall–Kier alpha value is -2.04. The first-order valence-electron chi connectivity index (χ1n) is 7.03. The number of rotatable bonds is 4. The van der Waals surface area contributed by atoms with Crippen LogP contribution in [0.3, 0.4) is 0 Å². The lowest BCUT2D eigenvalue weighted by Crippen LogP contribution is -2.41. The monoisotopic (exact) mass is 292 g/mol. The lowest BCUT2D eigenvalue weighted by Gasteiger charge is -2.36. The van der Waals surface area contributed by atoms with Crippen molar-refractivity contribution in [2.75, 3.05) is 7.11 Å². The summed E-state index contributed by atoms with van der Waals surface area (Å²) in [7, 11) is 1.56. The summed E-state index contributed by atoms with van der Waals surface area (Å²) < 4.78 is 10.4. The van der Waals surface area contributed by atoms with Crippen LogP contribution in [0.5, 0.6) is 5.75 Å². The number of hydrogen-bond donors (Lipinski definition) is 1. The number of esters is 1. The zero-order chi connectivity index (χ0) is 15.5. The van der Waals surface area contributed by atoms with Crippen molar-refractivity contribution in [3.63, 3.8) is 0 Å². The summed E-state index contributed by atoms with van der Waals surface area (Å²) in [5, 5.41) is 9.73. The van der Waals surface area contributed by atoms with Gasteiger partial charge in [0.1, 0.15) is 11.9 Å². The van der Waals surface area contributed by atoms with Gasteiger partial charge < -0.3 is 14.6 Å². The predicted molar refractivity (Wildman–Crippen MR) is 76.3 cm³/mol. The molecule has 0 aliphatic heterocycles. The second-order valence-electron chi connectivity index (χ2n) is 5.43. The molecule has 0 aromatic heterocycles. The van der Waals surface area contributed by atoms with Crippen LogP contribution >= 0.6 is 0 Å². The van der Waals surface area contributed by atoms with Crippen LogP contribution in [-0.2, 0) is 19.7 Å². The Labute approximate surface area is 123 Å². The smallest absolute Gasteiger partial charge is 0.314 e. The molecule has 1 aromatic carbocycles. The largest absolute Gasteiger partial charge is 0.497 e. The fourth-order valence-electron chi connectivity index (χ4n) is 2.98. The molecule has 0 spiro atoms. The number of carbonyl (C=O) groups is 2. The highest BCUT2D eigenvalue weighted by Gasteiger charge is 2.44. The molecular formula is C16H20O5. The number of aliphatic carboxylic acids is 1. The summed E-state index contributed by atoms with van der Waals surface area (Å²) in [4.78, 5) is 22.9. The van der Waals surface area contributed by atoms with Gasteiger partial charge in [-0.15, -0.1) is 0 Å². The fraction of sp³-hybridized carbons (Fsp3) is 0.500. The lowest BCUT2D eigenvalue weighted by atomic mass is 9.68. The maximum atomic E-state index is 11.9. The Morgan fingerprint density at radius 1 is 1.29 bits per heavy atom. The first-order valence-corrected chi connectivity index (χ1v) is 7.03. The topological polar surface area (TPSA) is 72.8 Å². The molecule has 1 N–H and O–H groups in total. The summed E-state index contributed by atoms with van der Waals surface area (Å²) in [6.45, 7) is 1.38. The molecule has 0 bridgehead atoms. The van der Waals surface area contributed by atoms with Gasteiger partial charge in [-0.3, -0.25) is 9.59 Å². The van der Waals surface area contributed by atoms with Crippen LogP contribution in [0.25, 0.3) is 0 Å². The average molecular weight is 292 g/mol. The number of benzene rings is 1. The van der Waals surface area contributed by atoms with Crippen LogP contribution in [0.15, 0.2) is 24.3 Å². The van der Waals surface area contributed by atoms with E-state index in [-0.39, 0.29) is 12.1 Å². The molecule has 21 heavy (non-hydrogen) atoms. The highest BCUT2D eigenvalue weighted by Crippen LogP contribution is 2.41. The second kappa shape index (κ2) is 6.16. The van der Waals surface area contributed by atoms with Crippen molar-refractivity contribution < 1.29 is 24.2 Å². The van der Waals surface area contributed by atoms with E-state index in [1.165, 1.54) is 6.92 Å². The minimum absolute atomic E-state index is 0.180. The van der Waals surface area contributed by atoms with E-state index in [2.05, 4.69) is 0 Å². The third kappa shape index (κ3) is 3.17. The first kappa shape index (κ1) is 15.4. The van der Waals surface area contributed by atoms with E-state index in [1.54, 1.807) is 25.3 Å². The van der Waals surface area contributed by atoms with E-state index in [1.807, 2.05) is 6.07 Å². The van der Waals surface area contributed by atoms with Gasteiger partial charge in [-0.1, -0.05) is 12.1 Å². The third-order valence-corrected chi connectivity index (χ3v) is 4.15. The summed E-state index contributed by atoms with van der Waals surface area (Å²) >= 11 is 0. The van der Waals surface area contributed by atoms with Gasteiger partial charge >= 0.3 is 11.9 Å². The summed E-state index contributed by atoms with van der Waals surface area (Å²) in [6.07, 6.45) is 1.84. The first-order chi connectivity index (χ1) is 9.98. The molecule has 1 aliphatic rings. The zero-order valence-electron chi connectivity index (χ0n) is 12.3. The summed E-state index contributed by atoms with van der Waals surface area (Å²) in [6, 6.07) is 7.20. The van der Waals surface area contributed by atoms with Crippen molar-refractivity contribution in [1.82, 2.24) is 0 Å². The van der Waals surface area contributed by atoms with E-state index < -0.39 is 11.4 Å². The average Bonchev–Trinajstić information content (AvgIpc) is 2.47. The normalized spacial score (nSPS) is 25.1. The van der Waals surface area contributed by atoms with E-state index in [4.69, 9.17) is 9.47 Å². The number of methoxy groups -OCH3 is 1. The molecule has 0 radical (unpaired) electrons. The van der Waals surface area contributed by atoms with Gasteiger partial charge in [-0.2, -0.15) is 0 Å². The molecule has 1 fully saturated rings. The Morgan fingerprint density at radius 3 is 2.48 bits per heavy atom. The van der Waals surface area contributed by atoms with Crippen molar-refractivity contribution >= 4 is 11.9 Å². The number of carbonyl (C=O) groups excluding carboxylic acids is 1. The molecule has 0 heterocycles. The van der Waals surface area contributed by atoms with Gasteiger partial charge in [0, 0.05) is 6.92 Å². The van der Waals surface area contributed by atoms with Crippen molar-refractivity contribution in [3.8, 4) is 5.75 Å². The van der Waals surface area contributed by atoms with Gasteiger partial charge in [0.05, 0.1) is 12.5 Å². The van der Waals surface area contributed by atoms with Gasteiger partial charge in [0.15, 0.2) is 0 Å². The summed E-state index contributed by atoms with van der Waals surface area (Å²) in [5.74, 6) is -0.503. The Bertz CT molecular complexity index is 529. The van der Waals surface area contributed by atoms with Crippen molar-refractivity contribution in [3.05, 3.63) is 29.8 Å². The van der Waals surface area contributed by atoms with Gasteiger partial charge in [0.2, 0.25) is 0 Å². The fourth-order valence-corrected chi connectivity index (χ4v) is 2.98. The molecule has 2 rings (SSSR count). The molecule has 0 unspecified atom stereocenters. The third-order valence-electron chi connectivity index (χ3n) is 4.15. The predicted octanol–water partition coefficient (Wildman–Crippen LogP) is 2.52. The van der Waals surface area contributed by atoms with Crippen LogP contribution in [0.1, 0.15) is 38.2 Å². The molecule has 0 atom stereocenters. The quantitative estimate of drug-likeness (QED) is 0.863. The maximum absolute atomic E-state index is 11.9. The molecule has 0 amide bonds. The number of carboxylic acids is 1. The van der Waals surface area contributed by atoms with Crippen LogP contribution in [0, 0.1) is 0 Å². The molecule has 5 heteroatoms. The number of hydrogen-bond acceptors (Lipinski definition) is 4. The highest BCUT2D eigenvalue weighted by atomic mass is 16.5. The molecule has 1 aliphatic carbocycles. The Balaban J connectivity index is 2.23. The van der Waals surface area contributed by atoms with E-state index in [0.717, 1.165) is 5.56 Å². The molecule has 114 valence electrons. The SMILES string of the molecule is COc1cccc(C2(C(=O)O)CCC(OC(C)=O)CC2)c1. The van der Waals surface area contributed by atoms with E-state index in [9.17, 15) is 14.7 Å². The molecule has 0 saturated heterocycles. The lowest BCUT2D eigenvalue weighted by molar-refractivity contribution is -0.151. The summed E-state index contributed by atoms with van der Waals surface area (Å²) in [5.41, 5.74) is -0.179. The highest BCUT2D eigenvalue weighted by molar-refractivity contribution is 5.81. The maximum Gasteiger partial charge on any atom is 0.314 e.